The van der Waals surface area contributed by atoms with Gasteiger partial charge in [0.2, 0.25) is 0 Å². The smallest absolute Gasteiger partial charge is 0.252 e. The molecule has 8 nitrogen and oxygen atoms in total. The average molecular weight is 501 g/mol. The lowest BCUT2D eigenvalue weighted by Crippen LogP contribution is -2.33. The van der Waals surface area contributed by atoms with Crippen molar-refractivity contribution in [2.24, 2.45) is 0 Å². The summed E-state index contributed by atoms with van der Waals surface area (Å²) in [6.45, 7) is 5.37. The molecule has 0 bridgehead atoms. The zero-order valence-corrected chi connectivity index (χ0v) is 22.0. The molecule has 1 aliphatic rings. The minimum absolute atomic E-state index is 0.0578. The van der Waals surface area contributed by atoms with Crippen molar-refractivity contribution in [3.05, 3.63) is 81.4 Å². The topological polar surface area (TPSA) is 88.9 Å². The molecule has 2 aromatic heterocycles. The number of aromatic amines is 1. The number of hydrogen-bond donors (Lipinski definition) is 1. The Bertz CT molecular complexity index is 1410. The Morgan fingerprint density at radius 1 is 1.08 bits per heavy atom. The second kappa shape index (κ2) is 11.3. The molecule has 0 amide bonds. The largest absolute Gasteiger partial charge is 0.496 e. The van der Waals surface area contributed by atoms with Crippen molar-refractivity contribution in [3.63, 3.8) is 0 Å². The van der Waals surface area contributed by atoms with Crippen molar-refractivity contribution in [1.29, 1.82) is 0 Å². The first-order chi connectivity index (χ1) is 18.1. The van der Waals surface area contributed by atoms with Gasteiger partial charge in [0, 0.05) is 29.7 Å². The maximum Gasteiger partial charge on any atom is 0.252 e. The molecule has 194 valence electrons. The number of H-pyrrole nitrogens is 1. The van der Waals surface area contributed by atoms with Crippen LogP contribution in [0.1, 0.15) is 80.6 Å². The summed E-state index contributed by atoms with van der Waals surface area (Å²) in [6, 6.07) is 16.6. The molecule has 1 aliphatic carbocycles. The zero-order valence-electron chi connectivity index (χ0n) is 22.0. The minimum atomic E-state index is -0.0630. The predicted molar refractivity (Wildman–Crippen MR) is 145 cm³/mol. The first-order valence-electron chi connectivity index (χ1n) is 13.4. The van der Waals surface area contributed by atoms with Crippen LogP contribution in [-0.4, -0.2) is 37.2 Å². The van der Waals surface area contributed by atoms with E-state index in [4.69, 9.17) is 4.74 Å². The fraction of sp³-hybridized carbons (Fsp3) is 0.448. The van der Waals surface area contributed by atoms with Gasteiger partial charge in [-0.2, -0.15) is 0 Å². The lowest BCUT2D eigenvalue weighted by atomic mass is 10.0. The van der Waals surface area contributed by atoms with Gasteiger partial charge in [-0.15, -0.1) is 5.10 Å². The van der Waals surface area contributed by atoms with Crippen LogP contribution in [0.25, 0.3) is 10.9 Å². The summed E-state index contributed by atoms with van der Waals surface area (Å²) in [4.78, 5) is 18.6. The molecular weight excluding hydrogens is 464 g/mol. The van der Waals surface area contributed by atoms with Gasteiger partial charge in [-0.25, -0.2) is 4.68 Å². The van der Waals surface area contributed by atoms with E-state index in [1.54, 1.807) is 7.11 Å². The normalized spacial score (nSPS) is 15.0. The lowest BCUT2D eigenvalue weighted by Gasteiger charge is -2.31. The average Bonchev–Trinajstić information content (AvgIpc) is 3.62. The lowest BCUT2D eigenvalue weighted by molar-refractivity contribution is 0.156. The monoisotopic (exact) mass is 500 g/mol. The molecular formula is C29H36N6O2. The Balaban J connectivity index is 1.56. The number of para-hydroxylation sites is 1. The number of hydrogen-bond acceptors (Lipinski definition) is 6. The Kier molecular flexibility index (Phi) is 7.65. The number of aromatic nitrogens is 5. The fourth-order valence-corrected chi connectivity index (χ4v) is 5.62. The van der Waals surface area contributed by atoms with Gasteiger partial charge in [0.25, 0.3) is 5.56 Å². The van der Waals surface area contributed by atoms with E-state index in [2.05, 4.69) is 57.5 Å². The molecule has 1 fully saturated rings. The Morgan fingerprint density at radius 3 is 2.62 bits per heavy atom. The van der Waals surface area contributed by atoms with E-state index in [1.807, 2.05) is 35.0 Å². The molecule has 0 aliphatic heterocycles. The van der Waals surface area contributed by atoms with E-state index in [1.165, 1.54) is 18.4 Å². The first kappa shape index (κ1) is 25.1. The summed E-state index contributed by atoms with van der Waals surface area (Å²) in [5.41, 5.74) is 3.84. The molecule has 5 rings (SSSR count). The van der Waals surface area contributed by atoms with Crippen LogP contribution in [0.2, 0.25) is 0 Å². The molecule has 0 saturated heterocycles. The van der Waals surface area contributed by atoms with Gasteiger partial charge in [0.15, 0.2) is 5.82 Å². The number of methoxy groups -OCH3 is 1. The fourth-order valence-electron chi connectivity index (χ4n) is 5.62. The second-order valence-electron chi connectivity index (χ2n) is 9.96. The Hall–Kier alpha value is -3.52. The molecule has 1 atom stereocenters. The van der Waals surface area contributed by atoms with Crippen LogP contribution in [0, 0.1) is 0 Å². The van der Waals surface area contributed by atoms with Gasteiger partial charge in [0.05, 0.1) is 19.2 Å². The highest BCUT2D eigenvalue weighted by Gasteiger charge is 2.30. The molecule has 0 spiro atoms. The number of tetrazole rings is 1. The van der Waals surface area contributed by atoms with Crippen LogP contribution in [0.15, 0.2) is 53.3 Å². The van der Waals surface area contributed by atoms with Crippen molar-refractivity contribution >= 4 is 10.9 Å². The number of nitrogens with zero attached hydrogens (tertiary/aromatic N) is 5. The van der Waals surface area contributed by atoms with E-state index in [-0.39, 0.29) is 11.6 Å². The Morgan fingerprint density at radius 2 is 1.86 bits per heavy atom. The summed E-state index contributed by atoms with van der Waals surface area (Å²) >= 11 is 0. The van der Waals surface area contributed by atoms with E-state index in [0.717, 1.165) is 59.3 Å². The van der Waals surface area contributed by atoms with Gasteiger partial charge in [0.1, 0.15) is 5.75 Å². The van der Waals surface area contributed by atoms with Gasteiger partial charge in [-0.3, -0.25) is 9.69 Å². The van der Waals surface area contributed by atoms with Crippen LogP contribution in [0.3, 0.4) is 0 Å². The maximum absolute atomic E-state index is 13.2. The van der Waals surface area contributed by atoms with Crippen molar-refractivity contribution in [2.45, 2.75) is 77.5 Å². The molecule has 1 unspecified atom stereocenters. The number of pyridine rings is 1. The third kappa shape index (κ3) is 5.30. The summed E-state index contributed by atoms with van der Waals surface area (Å²) < 4.78 is 7.71. The van der Waals surface area contributed by atoms with E-state index >= 15 is 0 Å². The molecule has 1 saturated carbocycles. The van der Waals surface area contributed by atoms with Gasteiger partial charge >= 0.3 is 0 Å². The molecule has 1 N–H and O–H groups in total. The van der Waals surface area contributed by atoms with E-state index in [9.17, 15) is 4.79 Å². The van der Waals surface area contributed by atoms with Crippen LogP contribution < -0.4 is 10.3 Å². The molecule has 37 heavy (non-hydrogen) atoms. The van der Waals surface area contributed by atoms with E-state index in [0.29, 0.717) is 19.1 Å². The maximum atomic E-state index is 13.2. The molecule has 4 aromatic rings. The highest BCUT2D eigenvalue weighted by atomic mass is 16.5. The van der Waals surface area contributed by atoms with Gasteiger partial charge in [-0.05, 0) is 71.3 Å². The summed E-state index contributed by atoms with van der Waals surface area (Å²) in [5.74, 6) is 1.70. The SMILES string of the molecule is CCc1ccc2[nH]c(=O)c(CN(Cc3ccccc3OC)C(CC)c3nnnn3C3CCCC3)cc2c1. The molecule has 2 aromatic carbocycles. The summed E-state index contributed by atoms with van der Waals surface area (Å²) in [6.07, 6.45) is 6.38. The van der Waals surface area contributed by atoms with Gasteiger partial charge in [-0.1, -0.05) is 51.0 Å². The van der Waals surface area contributed by atoms with Crippen LogP contribution >= 0.6 is 0 Å². The Labute approximate surface area is 217 Å². The van der Waals surface area contributed by atoms with E-state index < -0.39 is 0 Å². The van der Waals surface area contributed by atoms with Crippen molar-refractivity contribution in [1.82, 2.24) is 30.1 Å². The number of ether oxygens (including phenoxy) is 1. The molecule has 2 heterocycles. The van der Waals surface area contributed by atoms with Gasteiger partial charge < -0.3 is 9.72 Å². The highest BCUT2D eigenvalue weighted by molar-refractivity contribution is 5.79. The van der Waals surface area contributed by atoms with Crippen molar-refractivity contribution in [3.8, 4) is 5.75 Å². The second-order valence-corrected chi connectivity index (χ2v) is 9.96. The number of nitrogens with one attached hydrogen (secondary N) is 1. The molecule has 8 heteroatoms. The quantitative estimate of drug-likeness (QED) is 0.316. The number of benzene rings is 2. The molecule has 0 radical (unpaired) electrons. The minimum Gasteiger partial charge on any atom is -0.496 e. The van der Waals surface area contributed by atoms with Crippen LogP contribution in [0.5, 0.6) is 5.75 Å². The zero-order chi connectivity index (χ0) is 25.8. The standard InChI is InChI=1S/C29H36N6O2/c1-4-20-14-15-25-22(16-20)17-23(29(36)30-25)19-34(18-21-10-6-9-13-27(21)37-3)26(5-2)28-31-32-33-35(28)24-11-7-8-12-24/h6,9-10,13-17,24,26H,4-5,7-8,11-12,18-19H2,1-3H3,(H,30,36). The first-order valence-corrected chi connectivity index (χ1v) is 13.4. The van der Waals surface area contributed by atoms with Crippen LogP contribution in [0.4, 0.5) is 0 Å². The summed E-state index contributed by atoms with van der Waals surface area (Å²) in [5, 5.41) is 14.1. The van der Waals surface area contributed by atoms with Crippen molar-refractivity contribution < 1.29 is 4.74 Å². The van der Waals surface area contributed by atoms with Crippen molar-refractivity contribution in [2.75, 3.05) is 7.11 Å². The third-order valence-corrected chi connectivity index (χ3v) is 7.65. The van der Waals surface area contributed by atoms with Crippen LogP contribution in [-0.2, 0) is 19.5 Å². The predicted octanol–water partition coefficient (Wildman–Crippen LogP) is 5.35. The number of rotatable bonds is 10. The third-order valence-electron chi connectivity index (χ3n) is 7.65. The number of fused-ring (bicyclic) bond motifs is 1. The highest BCUT2D eigenvalue weighted by Crippen LogP contribution is 2.34. The number of aryl methyl sites for hydroxylation is 1. The summed E-state index contributed by atoms with van der Waals surface area (Å²) in [7, 11) is 1.69.